The quantitative estimate of drug-likeness (QED) is 0.202. The molecule has 0 aliphatic carbocycles. The minimum Gasteiger partial charge on any atom is -0.497 e. The number of hydrogen-bond acceptors (Lipinski definition) is 8. The van der Waals surface area contributed by atoms with Crippen molar-refractivity contribution in [1.29, 1.82) is 0 Å². The summed E-state index contributed by atoms with van der Waals surface area (Å²) in [6, 6.07) is 21.7. The highest BCUT2D eigenvalue weighted by Gasteiger charge is 2.42. The van der Waals surface area contributed by atoms with Gasteiger partial charge in [0.05, 0.1) is 42.1 Å². The summed E-state index contributed by atoms with van der Waals surface area (Å²) in [6.07, 6.45) is -1.10. The second-order valence-corrected chi connectivity index (χ2v) is 16.1. The Hall–Kier alpha value is -4.33. The Kier molecular flexibility index (Phi) is 12.2. The number of anilines is 2. The number of sulfonamides is 1. The van der Waals surface area contributed by atoms with Gasteiger partial charge in [0.25, 0.3) is 0 Å². The van der Waals surface area contributed by atoms with Crippen molar-refractivity contribution in [2.45, 2.75) is 63.4 Å². The number of para-hydroxylation sites is 2. The Labute approximate surface area is 302 Å². The number of aliphatic hydroxyl groups is 1. The molecule has 3 N–H and O–H groups in total. The number of rotatable bonds is 16. The Morgan fingerprint density at radius 2 is 1.65 bits per heavy atom. The van der Waals surface area contributed by atoms with E-state index in [1.807, 2.05) is 89.3 Å². The SMILES string of the molecule is COc1ccc(S(=O)(=O)N(CC(C)C)C[C@@H](O)[C@H](Cc2ccccc2)NC(=O)[C@H](C(C)C)N2CCN(CC3Nc4ccccc4N3C)C2=O)cc1. The number of fused-ring (bicyclic) bond motifs is 1. The Balaban J connectivity index is 1.33. The number of likely N-dealkylation sites (N-methyl/N-ethyl adjacent to an activating group) is 1. The lowest BCUT2D eigenvalue weighted by Gasteiger charge is -2.34. The minimum atomic E-state index is -4.00. The fourth-order valence-electron chi connectivity index (χ4n) is 6.89. The first-order chi connectivity index (χ1) is 24.3. The normalized spacial score (nSPS) is 17.9. The van der Waals surface area contributed by atoms with Gasteiger partial charge < -0.3 is 35.2 Å². The molecule has 1 unspecified atom stereocenters. The van der Waals surface area contributed by atoms with E-state index in [2.05, 4.69) is 15.5 Å². The molecule has 3 aromatic carbocycles. The number of ether oxygens (including phenoxy) is 1. The van der Waals surface area contributed by atoms with Crippen LogP contribution in [0.3, 0.4) is 0 Å². The molecular formula is C38H52N6O6S. The van der Waals surface area contributed by atoms with E-state index in [0.717, 1.165) is 16.9 Å². The average molecular weight is 721 g/mol. The van der Waals surface area contributed by atoms with Gasteiger partial charge in [0, 0.05) is 33.2 Å². The minimum absolute atomic E-state index is 0.0322. The number of urea groups is 1. The van der Waals surface area contributed by atoms with E-state index in [0.29, 0.717) is 25.4 Å². The third kappa shape index (κ3) is 8.77. The number of aliphatic hydroxyl groups excluding tert-OH is 1. The summed E-state index contributed by atoms with van der Waals surface area (Å²) < 4.78 is 34.3. The molecule has 12 nitrogen and oxygen atoms in total. The molecule has 276 valence electrons. The van der Waals surface area contributed by atoms with Gasteiger partial charge in [-0.15, -0.1) is 0 Å². The van der Waals surface area contributed by atoms with Crippen LogP contribution >= 0.6 is 0 Å². The number of hydrogen-bond donors (Lipinski definition) is 3. The van der Waals surface area contributed by atoms with E-state index in [1.165, 1.54) is 23.5 Å². The molecule has 2 heterocycles. The number of methoxy groups -OCH3 is 1. The average Bonchev–Trinajstić information content (AvgIpc) is 3.62. The van der Waals surface area contributed by atoms with Crippen molar-refractivity contribution in [2.75, 3.05) is 57.1 Å². The van der Waals surface area contributed by atoms with Gasteiger partial charge in [0.15, 0.2) is 0 Å². The topological polar surface area (TPSA) is 135 Å². The van der Waals surface area contributed by atoms with Gasteiger partial charge >= 0.3 is 6.03 Å². The van der Waals surface area contributed by atoms with Crippen LogP contribution in [0.25, 0.3) is 0 Å². The molecule has 3 amide bonds. The molecule has 0 aromatic heterocycles. The molecule has 0 saturated carbocycles. The standard InChI is InChI=1S/C38H52N6O6S/c1-26(2)23-43(51(48,49)30-18-16-29(50-6)17-19-30)24-34(45)32(22-28-12-8-7-9-13-28)40-37(46)36(27(3)4)44-21-20-42(38(44)47)25-35-39-31-14-10-11-15-33(31)41(35)5/h7-19,26-27,32,34-36,39,45H,20-25H2,1-6H3,(H,40,46)/t32-,34+,35?,36-/m0/s1. The smallest absolute Gasteiger partial charge is 0.320 e. The summed E-state index contributed by atoms with van der Waals surface area (Å²) in [5, 5.41) is 18.3. The molecule has 2 aliphatic rings. The maximum atomic E-state index is 14.2. The second-order valence-electron chi connectivity index (χ2n) is 14.2. The molecule has 13 heteroatoms. The first-order valence-corrected chi connectivity index (χ1v) is 19.0. The van der Waals surface area contributed by atoms with Gasteiger partial charge in [-0.05, 0) is 60.2 Å². The van der Waals surface area contributed by atoms with Gasteiger partial charge in [0.2, 0.25) is 15.9 Å². The van der Waals surface area contributed by atoms with Crippen LogP contribution in [0.4, 0.5) is 16.2 Å². The highest BCUT2D eigenvalue weighted by molar-refractivity contribution is 7.89. The number of carbonyl (C=O) groups is 2. The van der Waals surface area contributed by atoms with E-state index < -0.39 is 34.1 Å². The summed E-state index contributed by atoms with van der Waals surface area (Å²) in [4.78, 5) is 33.7. The lowest BCUT2D eigenvalue weighted by atomic mass is 9.97. The van der Waals surface area contributed by atoms with E-state index in [1.54, 1.807) is 21.9 Å². The molecule has 0 radical (unpaired) electrons. The van der Waals surface area contributed by atoms with E-state index >= 15 is 0 Å². The van der Waals surface area contributed by atoms with Crippen molar-refractivity contribution in [1.82, 2.24) is 19.4 Å². The zero-order chi connectivity index (χ0) is 36.9. The van der Waals surface area contributed by atoms with E-state index in [4.69, 9.17) is 4.74 Å². The first-order valence-electron chi connectivity index (χ1n) is 17.6. The molecule has 0 spiro atoms. The van der Waals surface area contributed by atoms with Crippen molar-refractivity contribution in [3.05, 3.63) is 84.4 Å². The second kappa shape index (κ2) is 16.3. The molecule has 4 atom stereocenters. The maximum absolute atomic E-state index is 14.2. The highest BCUT2D eigenvalue weighted by Crippen LogP contribution is 2.33. The Bertz CT molecular complexity index is 1740. The van der Waals surface area contributed by atoms with Gasteiger partial charge in [-0.1, -0.05) is 70.2 Å². The van der Waals surface area contributed by atoms with Crippen LogP contribution in [0.15, 0.2) is 83.8 Å². The molecular weight excluding hydrogens is 669 g/mol. The third-order valence-corrected chi connectivity index (χ3v) is 11.4. The van der Waals surface area contributed by atoms with Crippen molar-refractivity contribution in [3.8, 4) is 5.75 Å². The number of nitrogens with one attached hydrogen (secondary N) is 2. The van der Waals surface area contributed by atoms with E-state index in [9.17, 15) is 23.1 Å². The summed E-state index contributed by atoms with van der Waals surface area (Å²) in [5.74, 6) is -0.123. The van der Waals surface area contributed by atoms with Crippen LogP contribution in [0.1, 0.15) is 33.3 Å². The summed E-state index contributed by atoms with van der Waals surface area (Å²) in [6.45, 7) is 8.85. The first kappa shape index (κ1) is 37.9. The van der Waals surface area contributed by atoms with Crippen LogP contribution in [-0.2, 0) is 21.2 Å². The zero-order valence-corrected chi connectivity index (χ0v) is 31.2. The molecule has 2 aliphatic heterocycles. The number of amides is 3. The van der Waals surface area contributed by atoms with Crippen LogP contribution in [0.5, 0.6) is 5.75 Å². The lowest BCUT2D eigenvalue weighted by molar-refractivity contribution is -0.128. The largest absolute Gasteiger partial charge is 0.497 e. The van der Waals surface area contributed by atoms with Crippen molar-refractivity contribution < 1.29 is 27.9 Å². The predicted molar refractivity (Wildman–Crippen MR) is 199 cm³/mol. The molecule has 5 rings (SSSR count). The van der Waals surface area contributed by atoms with Crippen LogP contribution in [0, 0.1) is 11.8 Å². The fraction of sp³-hybridized carbons (Fsp3) is 0.474. The number of nitrogens with zero attached hydrogens (tertiary/aromatic N) is 4. The molecule has 51 heavy (non-hydrogen) atoms. The van der Waals surface area contributed by atoms with Crippen LogP contribution in [0.2, 0.25) is 0 Å². The van der Waals surface area contributed by atoms with E-state index in [-0.39, 0.29) is 48.4 Å². The molecule has 1 fully saturated rings. The van der Waals surface area contributed by atoms with Crippen LogP contribution < -0.4 is 20.3 Å². The van der Waals surface area contributed by atoms with Crippen molar-refractivity contribution >= 4 is 33.3 Å². The van der Waals surface area contributed by atoms with Gasteiger partial charge in [-0.25, -0.2) is 13.2 Å². The maximum Gasteiger partial charge on any atom is 0.320 e. The summed E-state index contributed by atoms with van der Waals surface area (Å²) >= 11 is 0. The lowest BCUT2D eigenvalue weighted by Crippen LogP contribution is -2.57. The van der Waals surface area contributed by atoms with Crippen LogP contribution in [-0.4, -0.2) is 111 Å². The van der Waals surface area contributed by atoms with Crippen molar-refractivity contribution in [3.63, 3.8) is 0 Å². The Morgan fingerprint density at radius 1 is 0.980 bits per heavy atom. The molecule has 3 aromatic rings. The number of benzene rings is 3. The fourth-order valence-corrected chi connectivity index (χ4v) is 8.51. The third-order valence-electron chi connectivity index (χ3n) is 9.58. The molecule has 1 saturated heterocycles. The summed E-state index contributed by atoms with van der Waals surface area (Å²) in [7, 11) is -0.494. The highest BCUT2D eigenvalue weighted by atomic mass is 32.2. The predicted octanol–water partition coefficient (Wildman–Crippen LogP) is 4.08. The summed E-state index contributed by atoms with van der Waals surface area (Å²) in [5.41, 5.74) is 2.95. The van der Waals surface area contributed by atoms with Gasteiger partial charge in [-0.3, -0.25) is 4.79 Å². The Morgan fingerprint density at radius 3 is 2.27 bits per heavy atom. The molecule has 0 bridgehead atoms. The van der Waals surface area contributed by atoms with Gasteiger partial charge in [0.1, 0.15) is 18.0 Å². The number of carbonyl (C=O) groups excluding carboxylic acids is 2. The zero-order valence-electron chi connectivity index (χ0n) is 30.4. The monoisotopic (exact) mass is 720 g/mol. The van der Waals surface area contributed by atoms with Gasteiger partial charge in [-0.2, -0.15) is 4.31 Å². The van der Waals surface area contributed by atoms with Crippen molar-refractivity contribution in [2.24, 2.45) is 11.8 Å².